The zero-order valence-electron chi connectivity index (χ0n) is 10.3. The van der Waals surface area contributed by atoms with Crippen molar-refractivity contribution >= 4 is 11.9 Å². The van der Waals surface area contributed by atoms with Crippen molar-refractivity contribution in [2.75, 3.05) is 0 Å². The highest BCUT2D eigenvalue weighted by molar-refractivity contribution is 5.95. The Hall–Kier alpha value is -2.63. The highest BCUT2D eigenvalue weighted by Gasteiger charge is 2.10. The number of carboxylic acids is 1. The van der Waals surface area contributed by atoms with Crippen LogP contribution in [0.25, 0.3) is 0 Å². The zero-order chi connectivity index (χ0) is 13.8. The molecule has 3 N–H and O–H groups in total. The van der Waals surface area contributed by atoms with Crippen LogP contribution in [0.5, 0.6) is 0 Å². The molecule has 0 aliphatic rings. The number of carbonyl (C=O) groups excluding carboxylic acids is 1. The normalized spacial score (nSPS) is 10.2. The number of aromatic carboxylic acids is 1. The summed E-state index contributed by atoms with van der Waals surface area (Å²) in [5.41, 5.74) is 2.10. The van der Waals surface area contributed by atoms with Crippen molar-refractivity contribution in [2.45, 2.75) is 13.5 Å². The Morgan fingerprint density at radius 1 is 1.42 bits per heavy atom. The quantitative estimate of drug-likeness (QED) is 0.772. The van der Waals surface area contributed by atoms with Crippen LogP contribution in [-0.4, -0.2) is 27.2 Å². The van der Waals surface area contributed by atoms with E-state index >= 15 is 0 Å². The Labute approximate surface area is 109 Å². The van der Waals surface area contributed by atoms with Gasteiger partial charge in [0.05, 0.1) is 17.3 Å². The summed E-state index contributed by atoms with van der Waals surface area (Å²) in [6, 6.07) is 6.45. The average Bonchev–Trinajstić information content (AvgIpc) is 2.82. The predicted molar refractivity (Wildman–Crippen MR) is 67.9 cm³/mol. The molecule has 0 saturated carbocycles. The maximum atomic E-state index is 11.8. The Kier molecular flexibility index (Phi) is 3.61. The second kappa shape index (κ2) is 5.34. The molecule has 0 saturated heterocycles. The molecule has 0 atom stereocenters. The van der Waals surface area contributed by atoms with E-state index in [0.717, 1.165) is 5.56 Å². The minimum Gasteiger partial charge on any atom is -0.478 e. The summed E-state index contributed by atoms with van der Waals surface area (Å²) >= 11 is 0. The lowest BCUT2D eigenvalue weighted by Crippen LogP contribution is -2.23. The number of nitrogens with one attached hydrogen (secondary N) is 2. The van der Waals surface area contributed by atoms with Crippen LogP contribution in [0.1, 0.15) is 32.0 Å². The van der Waals surface area contributed by atoms with Crippen LogP contribution in [0.15, 0.2) is 30.5 Å². The van der Waals surface area contributed by atoms with Crippen LogP contribution in [0, 0.1) is 6.92 Å². The average molecular weight is 259 g/mol. The monoisotopic (exact) mass is 259 g/mol. The highest BCUT2D eigenvalue weighted by Crippen LogP contribution is 2.06. The number of aromatic amines is 1. The van der Waals surface area contributed by atoms with Gasteiger partial charge in [-0.3, -0.25) is 9.89 Å². The maximum absolute atomic E-state index is 11.8. The minimum absolute atomic E-state index is 0.200. The Morgan fingerprint density at radius 3 is 2.84 bits per heavy atom. The van der Waals surface area contributed by atoms with Gasteiger partial charge >= 0.3 is 5.97 Å². The van der Waals surface area contributed by atoms with E-state index in [0.29, 0.717) is 11.3 Å². The standard InChI is InChI=1S/C13H13N3O3/c1-8-11(7-15-16-8)12(17)14-6-9-3-2-4-10(5-9)13(18)19/h2-5,7H,6H2,1H3,(H,14,17)(H,15,16)(H,18,19). The number of rotatable bonds is 4. The van der Waals surface area contributed by atoms with Gasteiger partial charge in [-0.05, 0) is 24.6 Å². The lowest BCUT2D eigenvalue weighted by atomic mass is 10.1. The van der Waals surface area contributed by atoms with Crippen molar-refractivity contribution in [3.63, 3.8) is 0 Å². The third kappa shape index (κ3) is 2.98. The molecule has 0 spiro atoms. The van der Waals surface area contributed by atoms with Gasteiger partial charge in [-0.15, -0.1) is 0 Å². The van der Waals surface area contributed by atoms with Crippen molar-refractivity contribution in [3.05, 3.63) is 52.8 Å². The Morgan fingerprint density at radius 2 is 2.21 bits per heavy atom. The van der Waals surface area contributed by atoms with E-state index in [1.807, 2.05) is 0 Å². The second-order valence-corrected chi connectivity index (χ2v) is 4.10. The molecule has 2 aromatic rings. The number of H-pyrrole nitrogens is 1. The van der Waals surface area contributed by atoms with Crippen molar-refractivity contribution in [1.29, 1.82) is 0 Å². The number of hydrogen-bond donors (Lipinski definition) is 3. The summed E-state index contributed by atoms with van der Waals surface area (Å²) in [5, 5.41) is 18.0. The Bertz CT molecular complexity index is 619. The van der Waals surface area contributed by atoms with Crippen molar-refractivity contribution in [2.24, 2.45) is 0 Å². The van der Waals surface area contributed by atoms with Crippen LogP contribution in [-0.2, 0) is 6.54 Å². The van der Waals surface area contributed by atoms with Crippen molar-refractivity contribution in [3.8, 4) is 0 Å². The third-order valence-corrected chi connectivity index (χ3v) is 2.70. The molecule has 6 nitrogen and oxygen atoms in total. The van der Waals surface area contributed by atoms with Gasteiger partial charge < -0.3 is 10.4 Å². The summed E-state index contributed by atoms with van der Waals surface area (Å²) < 4.78 is 0. The molecule has 1 aromatic heterocycles. The molecule has 1 heterocycles. The number of aromatic nitrogens is 2. The summed E-state index contributed by atoms with van der Waals surface area (Å²) in [7, 11) is 0. The third-order valence-electron chi connectivity index (χ3n) is 2.70. The van der Waals surface area contributed by atoms with E-state index in [1.165, 1.54) is 18.3 Å². The molecule has 0 bridgehead atoms. The van der Waals surface area contributed by atoms with Crippen LogP contribution < -0.4 is 5.32 Å². The molecule has 0 radical (unpaired) electrons. The second-order valence-electron chi connectivity index (χ2n) is 4.10. The molecule has 1 amide bonds. The van der Waals surface area contributed by atoms with Crippen molar-refractivity contribution < 1.29 is 14.7 Å². The van der Waals surface area contributed by atoms with E-state index in [-0.39, 0.29) is 18.0 Å². The summed E-state index contributed by atoms with van der Waals surface area (Å²) in [6.45, 7) is 2.03. The van der Waals surface area contributed by atoms with Crippen LogP contribution in [0.3, 0.4) is 0 Å². The van der Waals surface area contributed by atoms with E-state index in [4.69, 9.17) is 5.11 Å². The van der Waals surface area contributed by atoms with E-state index < -0.39 is 5.97 Å². The Balaban J connectivity index is 2.03. The fraction of sp³-hybridized carbons (Fsp3) is 0.154. The molecule has 0 aliphatic heterocycles. The molecule has 0 fully saturated rings. The van der Waals surface area contributed by atoms with Crippen molar-refractivity contribution in [1.82, 2.24) is 15.5 Å². The van der Waals surface area contributed by atoms with Gasteiger partial charge in [-0.25, -0.2) is 4.79 Å². The number of amides is 1. The van der Waals surface area contributed by atoms with Gasteiger partial charge in [-0.2, -0.15) is 5.10 Å². The van der Waals surface area contributed by atoms with Gasteiger partial charge in [0, 0.05) is 12.2 Å². The number of carbonyl (C=O) groups is 2. The SMILES string of the molecule is Cc1[nH]ncc1C(=O)NCc1cccc(C(=O)O)c1. The lowest BCUT2D eigenvalue weighted by molar-refractivity contribution is 0.0696. The van der Waals surface area contributed by atoms with E-state index in [9.17, 15) is 9.59 Å². The first-order chi connectivity index (χ1) is 9.08. The maximum Gasteiger partial charge on any atom is 0.335 e. The minimum atomic E-state index is -0.987. The fourth-order valence-electron chi connectivity index (χ4n) is 1.67. The molecular weight excluding hydrogens is 246 g/mol. The topological polar surface area (TPSA) is 95.1 Å². The predicted octanol–water partition coefficient (Wildman–Crippen LogP) is 1.35. The van der Waals surface area contributed by atoms with Gasteiger partial charge in [0.25, 0.3) is 5.91 Å². The first-order valence-electron chi connectivity index (χ1n) is 5.68. The zero-order valence-corrected chi connectivity index (χ0v) is 10.3. The van der Waals surface area contributed by atoms with Crippen LogP contribution in [0.4, 0.5) is 0 Å². The number of aryl methyl sites for hydroxylation is 1. The van der Waals surface area contributed by atoms with Crippen LogP contribution >= 0.6 is 0 Å². The lowest BCUT2D eigenvalue weighted by Gasteiger charge is -2.05. The molecule has 0 unspecified atom stereocenters. The molecule has 6 heteroatoms. The fourth-order valence-corrected chi connectivity index (χ4v) is 1.67. The van der Waals surface area contributed by atoms with Gasteiger partial charge in [-0.1, -0.05) is 12.1 Å². The number of carboxylic acid groups (broad SMARTS) is 1. The highest BCUT2D eigenvalue weighted by atomic mass is 16.4. The summed E-state index contributed by atoms with van der Waals surface area (Å²) in [5.74, 6) is -1.23. The van der Waals surface area contributed by atoms with Gasteiger partial charge in [0.15, 0.2) is 0 Å². The van der Waals surface area contributed by atoms with E-state index in [2.05, 4.69) is 15.5 Å². The molecule has 98 valence electrons. The first-order valence-corrected chi connectivity index (χ1v) is 5.68. The summed E-state index contributed by atoms with van der Waals surface area (Å²) in [6.07, 6.45) is 1.46. The molecule has 0 aliphatic carbocycles. The van der Waals surface area contributed by atoms with Gasteiger partial charge in [0.1, 0.15) is 0 Å². The first kappa shape index (κ1) is 12.8. The number of hydrogen-bond acceptors (Lipinski definition) is 3. The largest absolute Gasteiger partial charge is 0.478 e. The van der Waals surface area contributed by atoms with Crippen LogP contribution in [0.2, 0.25) is 0 Å². The van der Waals surface area contributed by atoms with E-state index in [1.54, 1.807) is 19.1 Å². The summed E-state index contributed by atoms with van der Waals surface area (Å²) in [4.78, 5) is 22.7. The molecule has 19 heavy (non-hydrogen) atoms. The molecule has 1 aromatic carbocycles. The number of benzene rings is 1. The van der Waals surface area contributed by atoms with Gasteiger partial charge in [0.2, 0.25) is 0 Å². The number of nitrogens with zero attached hydrogens (tertiary/aromatic N) is 1. The smallest absolute Gasteiger partial charge is 0.335 e. The molecule has 2 rings (SSSR count). The molecular formula is C13H13N3O3.